The lowest BCUT2D eigenvalue weighted by Crippen LogP contribution is -2.31. The van der Waals surface area contributed by atoms with Crippen LogP contribution in [0, 0.1) is 11.3 Å². The summed E-state index contributed by atoms with van der Waals surface area (Å²) in [6.07, 6.45) is 0.369. The molecule has 1 aromatic heterocycles. The maximum Gasteiger partial charge on any atom is 0.344 e. The Hall–Kier alpha value is -3.11. The molecule has 1 aromatic carbocycles. The monoisotopic (exact) mass is 359 g/mol. The molecule has 0 aliphatic carbocycles. The summed E-state index contributed by atoms with van der Waals surface area (Å²) in [5.74, 6) is -0.512. The minimum absolute atomic E-state index is 0.297. The van der Waals surface area contributed by atoms with Crippen molar-refractivity contribution >= 4 is 29.3 Å². The lowest BCUT2D eigenvalue weighted by Gasteiger charge is -2.13. The second kappa shape index (κ2) is 8.66. The predicted octanol–water partition coefficient (Wildman–Crippen LogP) is 2.56. The highest BCUT2D eigenvalue weighted by Crippen LogP contribution is 2.12. The summed E-state index contributed by atoms with van der Waals surface area (Å²) in [6, 6.07) is 11.3. The highest BCUT2D eigenvalue weighted by molar-refractivity contribution is 6.30. The van der Waals surface area contributed by atoms with Crippen molar-refractivity contribution in [2.45, 2.75) is 13.0 Å². The van der Waals surface area contributed by atoms with Crippen LogP contribution in [0.3, 0.4) is 0 Å². The Morgan fingerprint density at radius 1 is 1.28 bits per heavy atom. The van der Waals surface area contributed by atoms with E-state index in [1.54, 1.807) is 30.3 Å². The third-order valence-electron chi connectivity index (χ3n) is 3.00. The van der Waals surface area contributed by atoms with Crippen LogP contribution in [-0.2, 0) is 14.3 Å². The number of aromatic nitrogens is 1. The number of pyridine rings is 1. The molecule has 1 heterocycles. The quantitative estimate of drug-likeness (QED) is 0.795. The van der Waals surface area contributed by atoms with Crippen molar-refractivity contribution in [3.05, 3.63) is 53.2 Å². The van der Waals surface area contributed by atoms with Crippen LogP contribution in [0.15, 0.2) is 42.6 Å². The number of hydrogen-bond acceptors (Lipinski definition) is 6. The normalized spacial score (nSPS) is 11.1. The van der Waals surface area contributed by atoms with E-state index in [4.69, 9.17) is 26.3 Å². The van der Waals surface area contributed by atoms with E-state index in [0.29, 0.717) is 22.2 Å². The van der Waals surface area contributed by atoms with Gasteiger partial charge in [0.15, 0.2) is 12.7 Å². The van der Waals surface area contributed by atoms with Gasteiger partial charge in [-0.05, 0) is 43.3 Å². The zero-order valence-corrected chi connectivity index (χ0v) is 14.0. The molecule has 0 aliphatic heterocycles. The van der Waals surface area contributed by atoms with Crippen LogP contribution < -0.4 is 10.1 Å². The number of halogens is 1. The third-order valence-corrected chi connectivity index (χ3v) is 3.22. The largest absolute Gasteiger partial charge is 0.482 e. The fraction of sp³-hybridized carbons (Fsp3) is 0.176. The van der Waals surface area contributed by atoms with Gasteiger partial charge in [-0.15, -0.1) is 0 Å². The molecule has 0 saturated heterocycles. The van der Waals surface area contributed by atoms with Gasteiger partial charge in [0.1, 0.15) is 11.6 Å². The first-order chi connectivity index (χ1) is 12.0. The van der Waals surface area contributed by atoms with E-state index >= 15 is 0 Å². The molecule has 7 nitrogen and oxygen atoms in total. The van der Waals surface area contributed by atoms with Gasteiger partial charge in [-0.2, -0.15) is 5.26 Å². The van der Waals surface area contributed by atoms with Crippen molar-refractivity contribution in [1.82, 2.24) is 4.98 Å². The summed E-state index contributed by atoms with van der Waals surface area (Å²) in [4.78, 5) is 27.6. The zero-order chi connectivity index (χ0) is 18.2. The topological polar surface area (TPSA) is 101 Å². The summed E-state index contributed by atoms with van der Waals surface area (Å²) in [5.41, 5.74) is 0.482. The minimum Gasteiger partial charge on any atom is -0.482 e. The molecule has 0 aliphatic rings. The average Bonchev–Trinajstić information content (AvgIpc) is 2.62. The third kappa shape index (κ3) is 5.79. The number of hydrogen-bond donors (Lipinski definition) is 1. The maximum absolute atomic E-state index is 11.9. The Morgan fingerprint density at radius 2 is 2.00 bits per heavy atom. The van der Waals surface area contributed by atoms with Crippen molar-refractivity contribution in [1.29, 1.82) is 5.26 Å². The predicted molar refractivity (Wildman–Crippen MR) is 90.1 cm³/mol. The SMILES string of the molecule is C[C@@H](OC(=O)COc1ccc(C#N)cc1)C(=O)Nc1ccc(Cl)cn1. The first kappa shape index (κ1) is 18.2. The first-order valence-corrected chi connectivity index (χ1v) is 7.60. The molecule has 1 N–H and O–H groups in total. The summed E-state index contributed by atoms with van der Waals surface area (Å²) >= 11 is 5.71. The van der Waals surface area contributed by atoms with Crippen molar-refractivity contribution in [3.8, 4) is 11.8 Å². The molecule has 8 heteroatoms. The number of nitrogens with zero attached hydrogens (tertiary/aromatic N) is 2. The molecule has 1 amide bonds. The van der Waals surface area contributed by atoms with Crippen LogP contribution in [0.2, 0.25) is 5.02 Å². The van der Waals surface area contributed by atoms with Crippen LogP contribution in [0.4, 0.5) is 5.82 Å². The highest BCUT2D eigenvalue weighted by atomic mass is 35.5. The zero-order valence-electron chi connectivity index (χ0n) is 13.2. The van der Waals surface area contributed by atoms with Crippen LogP contribution in [0.25, 0.3) is 0 Å². The van der Waals surface area contributed by atoms with E-state index in [1.807, 2.05) is 6.07 Å². The summed E-state index contributed by atoms with van der Waals surface area (Å²) in [5, 5.41) is 11.6. The second-order valence-corrected chi connectivity index (χ2v) is 5.34. The van der Waals surface area contributed by atoms with Crippen molar-refractivity contribution in [2.75, 3.05) is 11.9 Å². The lowest BCUT2D eigenvalue weighted by molar-refractivity contribution is -0.155. The molecule has 25 heavy (non-hydrogen) atoms. The van der Waals surface area contributed by atoms with Crippen LogP contribution >= 0.6 is 11.6 Å². The molecule has 0 fully saturated rings. The summed E-state index contributed by atoms with van der Waals surface area (Å²) < 4.78 is 10.2. The molecular weight excluding hydrogens is 346 g/mol. The van der Waals surface area contributed by atoms with Gasteiger partial charge < -0.3 is 14.8 Å². The van der Waals surface area contributed by atoms with E-state index in [0.717, 1.165) is 0 Å². The fourth-order valence-corrected chi connectivity index (χ4v) is 1.84. The van der Waals surface area contributed by atoms with Gasteiger partial charge in [-0.1, -0.05) is 11.6 Å². The maximum atomic E-state index is 11.9. The first-order valence-electron chi connectivity index (χ1n) is 7.23. The number of carbonyl (C=O) groups is 2. The molecule has 128 valence electrons. The van der Waals surface area contributed by atoms with Crippen LogP contribution in [0.5, 0.6) is 5.75 Å². The molecule has 0 bridgehead atoms. The van der Waals surface area contributed by atoms with Crippen molar-refractivity contribution < 1.29 is 19.1 Å². The number of anilines is 1. The molecule has 0 radical (unpaired) electrons. The van der Waals surface area contributed by atoms with Crippen molar-refractivity contribution in [2.24, 2.45) is 0 Å². The Bertz CT molecular complexity index is 785. The molecular formula is C17H14ClN3O4. The molecule has 0 saturated carbocycles. The van der Waals surface area contributed by atoms with E-state index < -0.39 is 18.0 Å². The molecule has 0 unspecified atom stereocenters. The number of nitriles is 1. The number of benzene rings is 1. The van der Waals surface area contributed by atoms with E-state index in [9.17, 15) is 9.59 Å². The van der Waals surface area contributed by atoms with E-state index in [2.05, 4.69) is 10.3 Å². The van der Waals surface area contributed by atoms with Gasteiger partial charge in [-0.25, -0.2) is 9.78 Å². The van der Waals surface area contributed by atoms with Crippen LogP contribution in [0.1, 0.15) is 12.5 Å². The molecule has 2 aromatic rings. The Kier molecular flexibility index (Phi) is 6.32. The van der Waals surface area contributed by atoms with E-state index in [1.165, 1.54) is 19.2 Å². The van der Waals surface area contributed by atoms with Gasteiger partial charge in [0, 0.05) is 6.20 Å². The molecule has 0 spiro atoms. The van der Waals surface area contributed by atoms with Gasteiger partial charge in [0.05, 0.1) is 16.7 Å². The lowest BCUT2D eigenvalue weighted by atomic mass is 10.2. The number of rotatable bonds is 6. The standard InChI is InChI=1S/C17H14ClN3O4/c1-11(17(23)21-15-7-4-13(18)9-20-15)25-16(22)10-24-14-5-2-12(8-19)3-6-14/h2-7,9,11H,10H2,1H3,(H,20,21,23)/t11-/m1/s1. The fourth-order valence-electron chi connectivity index (χ4n) is 1.73. The van der Waals surface area contributed by atoms with Gasteiger partial charge in [0.25, 0.3) is 5.91 Å². The number of carbonyl (C=O) groups excluding carboxylic acids is 2. The van der Waals surface area contributed by atoms with Crippen molar-refractivity contribution in [3.63, 3.8) is 0 Å². The number of ether oxygens (including phenoxy) is 2. The number of amides is 1. The minimum atomic E-state index is -1.02. The molecule has 2 rings (SSSR count). The Labute approximate surface area is 149 Å². The number of nitrogens with one attached hydrogen (secondary N) is 1. The second-order valence-electron chi connectivity index (χ2n) is 4.91. The Morgan fingerprint density at radius 3 is 2.60 bits per heavy atom. The van der Waals surface area contributed by atoms with E-state index in [-0.39, 0.29) is 6.61 Å². The average molecular weight is 360 g/mol. The summed E-state index contributed by atoms with van der Waals surface area (Å²) in [7, 11) is 0. The number of esters is 1. The summed E-state index contributed by atoms with van der Waals surface area (Å²) in [6.45, 7) is 1.08. The van der Waals surface area contributed by atoms with Gasteiger partial charge in [0.2, 0.25) is 0 Å². The highest BCUT2D eigenvalue weighted by Gasteiger charge is 2.18. The Balaban J connectivity index is 1.79. The van der Waals surface area contributed by atoms with Crippen LogP contribution in [-0.4, -0.2) is 29.6 Å². The molecule has 1 atom stereocenters. The van der Waals surface area contributed by atoms with Gasteiger partial charge >= 0.3 is 5.97 Å². The van der Waals surface area contributed by atoms with Gasteiger partial charge in [-0.3, -0.25) is 4.79 Å². The smallest absolute Gasteiger partial charge is 0.344 e.